The van der Waals surface area contributed by atoms with Gasteiger partial charge in [0.05, 0.1) is 16.8 Å². The first-order valence-electron chi connectivity index (χ1n) is 10.4. The molecule has 0 unspecified atom stereocenters. The molecule has 2 aromatic carbocycles. The number of aromatic nitrogens is 1. The first kappa shape index (κ1) is 21.9. The minimum atomic E-state index is -0.347. The highest BCUT2D eigenvalue weighted by atomic mass is 35.5. The van der Waals surface area contributed by atoms with E-state index in [1.807, 2.05) is 37.3 Å². The van der Waals surface area contributed by atoms with E-state index in [1.165, 1.54) is 5.56 Å². The maximum Gasteiger partial charge on any atom is 0.344 e. The lowest BCUT2D eigenvalue weighted by atomic mass is 10.1. The average molecular weight is 460 g/mol. The summed E-state index contributed by atoms with van der Waals surface area (Å²) in [7, 11) is 0. The van der Waals surface area contributed by atoms with Crippen molar-refractivity contribution in [2.24, 2.45) is 0 Å². The Hall–Kier alpha value is -2.35. The Labute approximate surface area is 191 Å². The van der Waals surface area contributed by atoms with Crippen molar-refractivity contribution >= 4 is 44.3 Å². The quantitative estimate of drug-likeness (QED) is 0.484. The molecule has 6 nitrogen and oxygen atoms in total. The number of hydrogen-bond acceptors (Lipinski definition) is 7. The Bertz CT molecular complexity index is 1060. The lowest BCUT2D eigenvalue weighted by Crippen LogP contribution is -2.45. The lowest BCUT2D eigenvalue weighted by molar-refractivity contribution is -0.145. The minimum absolute atomic E-state index is 0.0653. The van der Waals surface area contributed by atoms with Gasteiger partial charge in [-0.25, -0.2) is 9.78 Å². The number of carbonyl (C=O) groups excluding carboxylic acids is 1. The molecule has 3 aromatic rings. The third kappa shape index (κ3) is 5.47. The zero-order valence-electron chi connectivity index (χ0n) is 17.8. The van der Waals surface area contributed by atoms with E-state index in [-0.39, 0.29) is 12.6 Å². The number of halogens is 1. The molecular weight excluding hydrogens is 434 g/mol. The van der Waals surface area contributed by atoms with E-state index < -0.39 is 0 Å². The molecule has 2 heterocycles. The lowest BCUT2D eigenvalue weighted by Gasteiger charge is -2.34. The van der Waals surface area contributed by atoms with E-state index in [9.17, 15) is 4.79 Å². The van der Waals surface area contributed by atoms with Gasteiger partial charge in [0.25, 0.3) is 0 Å². The number of nitrogens with zero attached hydrogens (tertiary/aromatic N) is 3. The monoisotopic (exact) mass is 459 g/mol. The van der Waals surface area contributed by atoms with Gasteiger partial charge >= 0.3 is 5.97 Å². The van der Waals surface area contributed by atoms with Crippen molar-refractivity contribution in [2.75, 3.05) is 44.3 Å². The molecule has 0 atom stereocenters. The van der Waals surface area contributed by atoms with Gasteiger partial charge in [-0.15, -0.1) is 0 Å². The van der Waals surface area contributed by atoms with E-state index in [4.69, 9.17) is 26.1 Å². The molecule has 164 valence electrons. The molecule has 1 saturated heterocycles. The van der Waals surface area contributed by atoms with Crippen molar-refractivity contribution in [1.29, 1.82) is 0 Å². The zero-order valence-corrected chi connectivity index (χ0v) is 19.3. The molecule has 0 spiro atoms. The molecule has 4 rings (SSSR count). The van der Waals surface area contributed by atoms with Crippen LogP contribution in [-0.4, -0.2) is 55.2 Å². The number of aryl methyl sites for hydroxylation is 1. The molecule has 0 amide bonds. The summed E-state index contributed by atoms with van der Waals surface area (Å²) in [4.78, 5) is 21.1. The second-order valence-electron chi connectivity index (χ2n) is 7.57. The molecule has 0 saturated carbocycles. The maximum absolute atomic E-state index is 11.6. The second-order valence-corrected chi connectivity index (χ2v) is 9.01. The van der Waals surface area contributed by atoms with Crippen molar-refractivity contribution in [2.45, 2.75) is 20.4 Å². The van der Waals surface area contributed by atoms with Crippen LogP contribution in [0.15, 0.2) is 36.4 Å². The number of benzene rings is 2. The second kappa shape index (κ2) is 9.85. The molecule has 0 bridgehead atoms. The van der Waals surface area contributed by atoms with E-state index in [0.29, 0.717) is 6.61 Å². The summed E-state index contributed by atoms with van der Waals surface area (Å²) in [5, 5.41) is 1.80. The Kier molecular flexibility index (Phi) is 6.95. The Morgan fingerprint density at radius 3 is 2.74 bits per heavy atom. The van der Waals surface area contributed by atoms with Gasteiger partial charge in [0.2, 0.25) is 0 Å². The predicted octanol–water partition coefficient (Wildman–Crippen LogP) is 4.52. The summed E-state index contributed by atoms with van der Waals surface area (Å²) in [6.07, 6.45) is 0. The van der Waals surface area contributed by atoms with Gasteiger partial charge in [0.1, 0.15) is 5.75 Å². The van der Waals surface area contributed by atoms with Crippen LogP contribution < -0.4 is 9.64 Å². The average Bonchev–Trinajstić information content (AvgIpc) is 3.18. The van der Waals surface area contributed by atoms with Crippen molar-refractivity contribution in [1.82, 2.24) is 9.88 Å². The number of esters is 1. The topological polar surface area (TPSA) is 54.9 Å². The number of thiazole rings is 1. The van der Waals surface area contributed by atoms with E-state index in [1.54, 1.807) is 18.3 Å². The molecule has 0 radical (unpaired) electrons. The summed E-state index contributed by atoms with van der Waals surface area (Å²) in [6, 6.07) is 12.0. The molecule has 31 heavy (non-hydrogen) atoms. The standard InChI is InChI=1S/C23H26ClN3O3S/c1-3-29-22(28)15-30-20-12-17(5-4-16(20)2)14-26-8-10-27(11-9-26)23-25-19-7-6-18(24)13-21(19)31-23/h4-7,12-13H,3,8-11,14-15H2,1-2H3. The summed E-state index contributed by atoms with van der Waals surface area (Å²) in [6.45, 7) is 8.70. The molecule has 0 aliphatic carbocycles. The van der Waals surface area contributed by atoms with Crippen LogP contribution >= 0.6 is 22.9 Å². The van der Waals surface area contributed by atoms with Crippen molar-refractivity contribution < 1.29 is 14.3 Å². The molecule has 1 aromatic heterocycles. The number of fused-ring (bicyclic) bond motifs is 1. The fourth-order valence-electron chi connectivity index (χ4n) is 3.61. The van der Waals surface area contributed by atoms with Gasteiger partial charge < -0.3 is 14.4 Å². The van der Waals surface area contributed by atoms with Crippen LogP contribution in [0.2, 0.25) is 5.02 Å². The van der Waals surface area contributed by atoms with Crippen molar-refractivity contribution in [3.63, 3.8) is 0 Å². The van der Waals surface area contributed by atoms with Crippen LogP contribution in [0, 0.1) is 6.92 Å². The van der Waals surface area contributed by atoms with Gasteiger partial charge in [0.15, 0.2) is 11.7 Å². The Balaban J connectivity index is 1.34. The summed E-state index contributed by atoms with van der Waals surface area (Å²) < 4.78 is 11.7. The number of piperazine rings is 1. The van der Waals surface area contributed by atoms with Crippen LogP contribution in [0.4, 0.5) is 5.13 Å². The first-order chi connectivity index (χ1) is 15.0. The van der Waals surface area contributed by atoms with E-state index in [2.05, 4.69) is 15.9 Å². The van der Waals surface area contributed by atoms with Crippen LogP contribution in [0.1, 0.15) is 18.1 Å². The molecule has 0 N–H and O–H groups in total. The van der Waals surface area contributed by atoms with Crippen molar-refractivity contribution in [3.8, 4) is 5.75 Å². The Morgan fingerprint density at radius 1 is 1.16 bits per heavy atom. The van der Waals surface area contributed by atoms with Crippen LogP contribution in [-0.2, 0) is 16.1 Å². The summed E-state index contributed by atoms with van der Waals surface area (Å²) in [5.74, 6) is 0.387. The van der Waals surface area contributed by atoms with Crippen LogP contribution in [0.25, 0.3) is 10.2 Å². The SMILES string of the molecule is CCOC(=O)COc1cc(CN2CCN(c3nc4ccc(Cl)cc4s3)CC2)ccc1C. The molecule has 8 heteroatoms. The molecule has 1 fully saturated rings. The van der Waals surface area contributed by atoms with Gasteiger partial charge in [-0.05, 0) is 49.2 Å². The number of carbonyl (C=O) groups is 1. The molecule has 1 aliphatic rings. The van der Waals surface area contributed by atoms with Gasteiger partial charge in [-0.3, -0.25) is 4.90 Å². The third-order valence-electron chi connectivity index (χ3n) is 5.29. The van der Waals surface area contributed by atoms with Crippen molar-refractivity contribution in [3.05, 3.63) is 52.5 Å². The summed E-state index contributed by atoms with van der Waals surface area (Å²) in [5.41, 5.74) is 3.18. The van der Waals surface area contributed by atoms with Crippen LogP contribution in [0.5, 0.6) is 5.75 Å². The highest BCUT2D eigenvalue weighted by molar-refractivity contribution is 7.22. The number of hydrogen-bond donors (Lipinski definition) is 0. The van der Waals surface area contributed by atoms with Gasteiger partial charge in [0, 0.05) is 37.7 Å². The highest BCUT2D eigenvalue weighted by Crippen LogP contribution is 2.31. The van der Waals surface area contributed by atoms with Gasteiger partial charge in [-0.2, -0.15) is 0 Å². The molecule has 1 aliphatic heterocycles. The normalized spacial score (nSPS) is 14.7. The largest absolute Gasteiger partial charge is 0.482 e. The number of rotatable bonds is 7. The minimum Gasteiger partial charge on any atom is -0.482 e. The number of ether oxygens (including phenoxy) is 2. The van der Waals surface area contributed by atoms with Gasteiger partial charge in [-0.1, -0.05) is 35.1 Å². The number of anilines is 1. The van der Waals surface area contributed by atoms with E-state index >= 15 is 0 Å². The third-order valence-corrected chi connectivity index (χ3v) is 6.61. The summed E-state index contributed by atoms with van der Waals surface area (Å²) >= 11 is 7.80. The molecular formula is C23H26ClN3O3S. The smallest absolute Gasteiger partial charge is 0.344 e. The predicted molar refractivity (Wildman–Crippen MR) is 125 cm³/mol. The van der Waals surface area contributed by atoms with E-state index in [0.717, 1.165) is 64.4 Å². The first-order valence-corrected chi connectivity index (χ1v) is 11.6. The van der Waals surface area contributed by atoms with Crippen LogP contribution in [0.3, 0.4) is 0 Å². The maximum atomic E-state index is 11.6. The fourth-order valence-corrected chi connectivity index (χ4v) is 4.91. The Morgan fingerprint density at radius 2 is 1.97 bits per heavy atom. The zero-order chi connectivity index (χ0) is 21.8. The fraction of sp³-hybridized carbons (Fsp3) is 0.391. The highest BCUT2D eigenvalue weighted by Gasteiger charge is 2.20.